The molecule has 1 N–H and O–H groups in total. The fourth-order valence-corrected chi connectivity index (χ4v) is 3.18. The minimum absolute atomic E-state index is 0.135. The zero-order valence-electron chi connectivity index (χ0n) is 14.6. The fourth-order valence-electron chi connectivity index (χ4n) is 3.18. The van der Waals surface area contributed by atoms with E-state index in [-0.39, 0.29) is 24.2 Å². The number of carbonyl (C=O) groups excluding carboxylic acids is 1. The van der Waals surface area contributed by atoms with Crippen molar-refractivity contribution in [1.82, 2.24) is 20.2 Å². The Morgan fingerprint density at radius 3 is 2.92 bits per heavy atom. The molecule has 0 radical (unpaired) electrons. The lowest BCUT2D eigenvalue weighted by Gasteiger charge is -2.28. The van der Waals surface area contributed by atoms with Crippen LogP contribution in [-0.4, -0.2) is 40.9 Å². The van der Waals surface area contributed by atoms with Crippen molar-refractivity contribution in [2.24, 2.45) is 0 Å². The lowest BCUT2D eigenvalue weighted by atomic mass is 9.97. The molecule has 6 heteroatoms. The number of rotatable bonds is 4. The lowest BCUT2D eigenvalue weighted by Crippen LogP contribution is -2.32. The molecule has 1 fully saturated rings. The summed E-state index contributed by atoms with van der Waals surface area (Å²) in [5, 5.41) is 2.74. The van der Waals surface area contributed by atoms with Gasteiger partial charge in [0.2, 0.25) is 0 Å². The summed E-state index contributed by atoms with van der Waals surface area (Å²) in [6.45, 7) is 3.99. The van der Waals surface area contributed by atoms with E-state index in [1.54, 1.807) is 24.3 Å². The van der Waals surface area contributed by atoms with Crippen LogP contribution in [0.2, 0.25) is 0 Å². The van der Waals surface area contributed by atoms with Gasteiger partial charge in [-0.2, -0.15) is 0 Å². The molecule has 1 saturated heterocycles. The van der Waals surface area contributed by atoms with Gasteiger partial charge >= 0.3 is 0 Å². The second kappa shape index (κ2) is 7.70. The van der Waals surface area contributed by atoms with E-state index in [9.17, 15) is 9.18 Å². The van der Waals surface area contributed by atoms with Crippen molar-refractivity contribution < 1.29 is 9.18 Å². The van der Waals surface area contributed by atoms with Crippen LogP contribution in [0.3, 0.4) is 0 Å². The van der Waals surface area contributed by atoms with Gasteiger partial charge in [0, 0.05) is 30.3 Å². The van der Waals surface area contributed by atoms with E-state index in [0.717, 1.165) is 37.4 Å². The van der Waals surface area contributed by atoms with E-state index in [0.29, 0.717) is 11.3 Å². The molecule has 0 spiro atoms. The summed E-state index contributed by atoms with van der Waals surface area (Å²) in [6, 6.07) is 8.09. The van der Waals surface area contributed by atoms with Crippen LogP contribution in [0, 0.1) is 12.7 Å². The Kier molecular flexibility index (Phi) is 5.38. The van der Waals surface area contributed by atoms with Crippen LogP contribution in [0.4, 0.5) is 4.39 Å². The van der Waals surface area contributed by atoms with Gasteiger partial charge in [0.05, 0.1) is 0 Å². The number of nitrogens with one attached hydrogen (secondary N) is 1. The molecule has 1 aromatic carbocycles. The molecular formula is C19H23FN4O. The molecular weight excluding hydrogens is 319 g/mol. The predicted molar refractivity (Wildman–Crippen MR) is 93.8 cm³/mol. The molecule has 5 nitrogen and oxygen atoms in total. The van der Waals surface area contributed by atoms with Crippen molar-refractivity contribution in [1.29, 1.82) is 0 Å². The normalized spacial score (nSPS) is 18.1. The van der Waals surface area contributed by atoms with Crippen LogP contribution in [0.25, 0.3) is 0 Å². The second-order valence-electron chi connectivity index (χ2n) is 6.63. The molecule has 1 aliphatic rings. The third kappa shape index (κ3) is 4.39. The van der Waals surface area contributed by atoms with Gasteiger partial charge in [0.25, 0.3) is 5.91 Å². The number of amides is 1. The molecule has 25 heavy (non-hydrogen) atoms. The summed E-state index contributed by atoms with van der Waals surface area (Å²) >= 11 is 0. The maximum absolute atomic E-state index is 13.7. The zero-order valence-corrected chi connectivity index (χ0v) is 14.6. The number of nitrogens with zero attached hydrogens (tertiary/aromatic N) is 3. The van der Waals surface area contributed by atoms with E-state index in [1.807, 2.05) is 6.92 Å². The van der Waals surface area contributed by atoms with Gasteiger partial charge < -0.3 is 10.2 Å². The Balaban J connectivity index is 1.73. The summed E-state index contributed by atoms with van der Waals surface area (Å²) in [5.41, 5.74) is 1.57. The molecule has 0 aliphatic carbocycles. The van der Waals surface area contributed by atoms with Crippen LogP contribution in [-0.2, 0) is 6.54 Å². The fraction of sp³-hybridized carbons (Fsp3) is 0.421. The van der Waals surface area contributed by atoms with Gasteiger partial charge in [-0.25, -0.2) is 14.4 Å². The summed E-state index contributed by atoms with van der Waals surface area (Å²) < 4.78 is 13.7. The van der Waals surface area contributed by atoms with Crippen LogP contribution in [0.5, 0.6) is 0 Å². The summed E-state index contributed by atoms with van der Waals surface area (Å²) in [7, 11) is 2.09. The highest BCUT2D eigenvalue weighted by Gasteiger charge is 2.23. The number of likely N-dealkylation sites (N-methyl/N-ethyl adjacent to an activating group) is 1. The molecule has 1 aromatic heterocycles. The average molecular weight is 342 g/mol. The first-order chi connectivity index (χ1) is 12.0. The highest BCUT2D eigenvalue weighted by molar-refractivity contribution is 5.92. The summed E-state index contributed by atoms with van der Waals surface area (Å²) in [5.74, 6) is 0.339. The number of benzene rings is 1. The van der Waals surface area contributed by atoms with Gasteiger partial charge in [-0.05, 0) is 45.5 Å². The average Bonchev–Trinajstić information content (AvgIpc) is 2.60. The Morgan fingerprint density at radius 2 is 2.16 bits per heavy atom. The maximum atomic E-state index is 13.7. The highest BCUT2D eigenvalue weighted by Crippen LogP contribution is 2.24. The lowest BCUT2D eigenvalue weighted by molar-refractivity contribution is 0.0944. The van der Waals surface area contributed by atoms with E-state index < -0.39 is 0 Å². The van der Waals surface area contributed by atoms with Crippen LogP contribution >= 0.6 is 0 Å². The van der Waals surface area contributed by atoms with E-state index in [1.165, 1.54) is 6.07 Å². The first kappa shape index (κ1) is 17.5. The van der Waals surface area contributed by atoms with E-state index in [4.69, 9.17) is 0 Å². The number of hydrogen-bond donors (Lipinski definition) is 1. The van der Waals surface area contributed by atoms with Crippen LogP contribution in [0.1, 0.15) is 46.3 Å². The molecule has 1 amide bonds. The van der Waals surface area contributed by atoms with Gasteiger partial charge in [-0.1, -0.05) is 18.2 Å². The first-order valence-corrected chi connectivity index (χ1v) is 8.58. The third-order valence-corrected chi connectivity index (χ3v) is 4.49. The van der Waals surface area contributed by atoms with Crippen molar-refractivity contribution in [3.63, 3.8) is 0 Å². The molecule has 0 saturated carbocycles. The minimum Gasteiger partial charge on any atom is -0.347 e. The Labute approximate surface area is 147 Å². The minimum atomic E-state index is -0.326. The summed E-state index contributed by atoms with van der Waals surface area (Å²) in [4.78, 5) is 23.7. The van der Waals surface area contributed by atoms with Crippen molar-refractivity contribution in [3.8, 4) is 0 Å². The Hall–Kier alpha value is -2.34. The number of aromatic nitrogens is 2. The van der Waals surface area contributed by atoms with Crippen molar-refractivity contribution in [3.05, 3.63) is 58.9 Å². The Bertz CT molecular complexity index is 765. The van der Waals surface area contributed by atoms with E-state index >= 15 is 0 Å². The van der Waals surface area contributed by atoms with Crippen molar-refractivity contribution >= 4 is 5.91 Å². The highest BCUT2D eigenvalue weighted by atomic mass is 19.1. The maximum Gasteiger partial charge on any atom is 0.270 e. The van der Waals surface area contributed by atoms with E-state index in [2.05, 4.69) is 27.2 Å². The van der Waals surface area contributed by atoms with Crippen molar-refractivity contribution in [2.45, 2.75) is 32.2 Å². The Morgan fingerprint density at radius 1 is 1.36 bits per heavy atom. The molecule has 1 aliphatic heterocycles. The number of halogens is 1. The largest absolute Gasteiger partial charge is 0.347 e. The molecule has 0 bridgehead atoms. The molecule has 2 aromatic rings. The van der Waals surface area contributed by atoms with Gasteiger partial charge in [-0.15, -0.1) is 0 Å². The molecule has 1 atom stereocenters. The topological polar surface area (TPSA) is 58.1 Å². The second-order valence-corrected chi connectivity index (χ2v) is 6.63. The number of carbonyl (C=O) groups is 1. The van der Waals surface area contributed by atoms with Gasteiger partial charge in [0.15, 0.2) is 0 Å². The van der Waals surface area contributed by atoms with Gasteiger partial charge in [0.1, 0.15) is 17.3 Å². The predicted octanol–water partition coefficient (Wildman–Crippen LogP) is 2.66. The molecule has 3 rings (SSSR count). The SMILES string of the molecule is Cc1cc(C(=O)NCc2ccccc2F)nc(C2CCCN(C)C2)n1. The quantitative estimate of drug-likeness (QED) is 0.928. The third-order valence-electron chi connectivity index (χ3n) is 4.49. The number of hydrogen-bond acceptors (Lipinski definition) is 4. The zero-order chi connectivity index (χ0) is 17.8. The van der Waals surface area contributed by atoms with Crippen LogP contribution < -0.4 is 5.32 Å². The number of likely N-dealkylation sites (tertiary alicyclic amines) is 1. The monoisotopic (exact) mass is 342 g/mol. The first-order valence-electron chi connectivity index (χ1n) is 8.58. The molecule has 1 unspecified atom stereocenters. The van der Waals surface area contributed by atoms with Gasteiger partial charge in [-0.3, -0.25) is 4.79 Å². The van der Waals surface area contributed by atoms with Crippen molar-refractivity contribution in [2.75, 3.05) is 20.1 Å². The molecule has 2 heterocycles. The number of piperidine rings is 1. The summed E-state index contributed by atoms with van der Waals surface area (Å²) in [6.07, 6.45) is 2.14. The van der Waals surface area contributed by atoms with Crippen LogP contribution in [0.15, 0.2) is 30.3 Å². The number of aryl methyl sites for hydroxylation is 1. The molecule has 132 valence electrons. The standard InChI is InChI=1S/C19H23FN4O/c1-13-10-17(19(25)21-11-14-6-3-4-8-16(14)20)23-18(22-13)15-7-5-9-24(2)12-15/h3-4,6,8,10,15H,5,7,9,11-12H2,1-2H3,(H,21,25). The smallest absolute Gasteiger partial charge is 0.270 e.